The molecule has 3 atom stereocenters. The number of carbonyl (C=O) groups is 3. The maximum Gasteiger partial charge on any atom is 0.336 e. The third kappa shape index (κ3) is 4.41. The van der Waals surface area contributed by atoms with E-state index in [-0.39, 0.29) is 24.9 Å². The highest BCUT2D eigenvalue weighted by molar-refractivity contribution is 6.12. The Morgan fingerprint density at radius 3 is 2.38 bits per heavy atom. The minimum atomic E-state index is -0.925. The van der Waals surface area contributed by atoms with Gasteiger partial charge in [-0.3, -0.25) is 9.59 Å². The summed E-state index contributed by atoms with van der Waals surface area (Å²) in [5, 5.41) is 3.23. The SMILES string of the molecule is COCCOC(=O)C1=C(C)NC2=C(C(=O)[C@H](C(=O)OC)[C@H](C)C2)[C@@H]1c1ccc(OC)cc1. The van der Waals surface area contributed by atoms with Gasteiger partial charge in [-0.05, 0) is 37.0 Å². The number of nitrogens with one attached hydrogen (secondary N) is 1. The van der Waals surface area contributed by atoms with Crippen molar-refractivity contribution >= 4 is 17.7 Å². The number of allylic oxidation sites excluding steroid dienone is 3. The van der Waals surface area contributed by atoms with Crippen LogP contribution in [-0.2, 0) is 28.6 Å². The number of carbonyl (C=O) groups excluding carboxylic acids is 3. The second-order valence-electron chi connectivity index (χ2n) is 7.94. The highest BCUT2D eigenvalue weighted by Gasteiger charge is 2.47. The maximum atomic E-state index is 13.6. The van der Waals surface area contributed by atoms with Crippen molar-refractivity contribution in [2.45, 2.75) is 26.2 Å². The quantitative estimate of drug-likeness (QED) is 0.390. The summed E-state index contributed by atoms with van der Waals surface area (Å²) in [5.41, 5.74) is 2.78. The summed E-state index contributed by atoms with van der Waals surface area (Å²) < 4.78 is 20.5. The van der Waals surface area contributed by atoms with Crippen LogP contribution in [0.4, 0.5) is 0 Å². The molecule has 3 rings (SSSR count). The van der Waals surface area contributed by atoms with Gasteiger partial charge in [0.05, 0.1) is 26.4 Å². The molecular formula is C24H29NO7. The molecule has 8 heteroatoms. The average molecular weight is 443 g/mol. The molecule has 1 aromatic carbocycles. The number of ketones is 1. The van der Waals surface area contributed by atoms with Gasteiger partial charge in [0.25, 0.3) is 0 Å². The van der Waals surface area contributed by atoms with Gasteiger partial charge in [0.15, 0.2) is 5.78 Å². The second kappa shape index (κ2) is 9.99. The van der Waals surface area contributed by atoms with Crippen molar-refractivity contribution < 1.29 is 33.3 Å². The first-order valence-electron chi connectivity index (χ1n) is 10.5. The number of ether oxygens (including phenoxy) is 4. The van der Waals surface area contributed by atoms with Gasteiger partial charge in [0.2, 0.25) is 0 Å². The number of benzene rings is 1. The highest BCUT2D eigenvalue weighted by Crippen LogP contribution is 2.45. The van der Waals surface area contributed by atoms with Gasteiger partial charge in [-0.15, -0.1) is 0 Å². The summed E-state index contributed by atoms with van der Waals surface area (Å²) in [6.45, 7) is 3.98. The van der Waals surface area contributed by atoms with Gasteiger partial charge >= 0.3 is 11.9 Å². The number of Topliss-reactive ketones (excluding diaryl/α,β-unsaturated/α-hetero) is 1. The van der Waals surface area contributed by atoms with Crippen molar-refractivity contribution in [3.8, 4) is 5.75 Å². The number of rotatable bonds is 7. The van der Waals surface area contributed by atoms with Crippen LogP contribution >= 0.6 is 0 Å². The van der Waals surface area contributed by atoms with Crippen LogP contribution in [0, 0.1) is 11.8 Å². The molecule has 0 aromatic heterocycles. The summed E-state index contributed by atoms with van der Waals surface area (Å²) >= 11 is 0. The summed E-state index contributed by atoms with van der Waals surface area (Å²) in [6.07, 6.45) is 0.483. The molecule has 172 valence electrons. The van der Waals surface area contributed by atoms with Crippen molar-refractivity contribution in [1.29, 1.82) is 0 Å². The molecule has 1 heterocycles. The number of hydrogen-bond donors (Lipinski definition) is 1. The zero-order chi connectivity index (χ0) is 23.4. The lowest BCUT2D eigenvalue weighted by atomic mass is 9.69. The smallest absolute Gasteiger partial charge is 0.336 e. The van der Waals surface area contributed by atoms with E-state index in [1.807, 2.05) is 19.1 Å². The summed E-state index contributed by atoms with van der Waals surface area (Å²) in [7, 11) is 4.36. The monoisotopic (exact) mass is 443 g/mol. The highest BCUT2D eigenvalue weighted by atomic mass is 16.6. The van der Waals surface area contributed by atoms with Crippen molar-refractivity contribution in [3.63, 3.8) is 0 Å². The normalized spacial score (nSPS) is 22.8. The van der Waals surface area contributed by atoms with E-state index < -0.39 is 23.8 Å². The Bertz CT molecular complexity index is 961. The molecule has 0 unspecified atom stereocenters. The third-order valence-corrected chi connectivity index (χ3v) is 5.93. The lowest BCUT2D eigenvalue weighted by molar-refractivity contribution is -0.151. The average Bonchev–Trinajstić information content (AvgIpc) is 2.78. The zero-order valence-electron chi connectivity index (χ0n) is 19.0. The molecule has 1 N–H and O–H groups in total. The Morgan fingerprint density at radius 2 is 1.78 bits per heavy atom. The van der Waals surface area contributed by atoms with Gasteiger partial charge in [0, 0.05) is 30.0 Å². The first-order valence-corrected chi connectivity index (χ1v) is 10.5. The molecular weight excluding hydrogens is 414 g/mol. The van der Waals surface area contributed by atoms with Crippen LogP contribution in [0.3, 0.4) is 0 Å². The van der Waals surface area contributed by atoms with E-state index in [1.54, 1.807) is 26.2 Å². The number of hydrogen-bond acceptors (Lipinski definition) is 8. The van der Waals surface area contributed by atoms with Gasteiger partial charge in [-0.25, -0.2) is 4.79 Å². The summed E-state index contributed by atoms with van der Waals surface area (Å²) in [6, 6.07) is 7.17. The Balaban J connectivity index is 2.11. The standard InChI is InChI=1S/C24H29NO7/c1-13-12-17-21(22(26)18(13)23(27)31-5)20(15-6-8-16(30-4)9-7-15)19(14(2)25-17)24(28)32-11-10-29-3/h6-9,13,18,20,25H,10-12H2,1-5H3/t13-,18-,20-/m1/s1. The Kier molecular flexibility index (Phi) is 7.35. The lowest BCUT2D eigenvalue weighted by Gasteiger charge is -2.38. The predicted molar refractivity (Wildman–Crippen MR) is 116 cm³/mol. The number of esters is 2. The molecule has 1 aliphatic heterocycles. The Hall–Kier alpha value is -3.13. The van der Waals surface area contributed by atoms with Crippen molar-refractivity contribution in [3.05, 3.63) is 52.4 Å². The molecule has 8 nitrogen and oxygen atoms in total. The van der Waals surface area contributed by atoms with Crippen LogP contribution in [0.5, 0.6) is 5.75 Å². The van der Waals surface area contributed by atoms with Gasteiger partial charge in [0.1, 0.15) is 18.3 Å². The van der Waals surface area contributed by atoms with Crippen molar-refractivity contribution in [2.24, 2.45) is 11.8 Å². The van der Waals surface area contributed by atoms with Crippen molar-refractivity contribution in [2.75, 3.05) is 34.5 Å². The molecule has 0 fully saturated rings. The molecule has 0 saturated heterocycles. The minimum Gasteiger partial charge on any atom is -0.497 e. The van der Waals surface area contributed by atoms with Crippen LogP contribution in [0.15, 0.2) is 46.8 Å². The Morgan fingerprint density at radius 1 is 1.09 bits per heavy atom. The predicted octanol–water partition coefficient (Wildman–Crippen LogP) is 2.50. The summed E-state index contributed by atoms with van der Waals surface area (Å²) in [5.74, 6) is -2.64. The molecule has 1 aliphatic carbocycles. The minimum absolute atomic E-state index is 0.0864. The maximum absolute atomic E-state index is 13.6. The van der Waals surface area contributed by atoms with Gasteiger partial charge in [-0.1, -0.05) is 19.1 Å². The number of dihydropyridines is 1. The zero-order valence-corrected chi connectivity index (χ0v) is 19.0. The molecule has 1 aromatic rings. The van der Waals surface area contributed by atoms with Gasteiger partial charge in [-0.2, -0.15) is 0 Å². The van der Waals surface area contributed by atoms with E-state index in [0.717, 1.165) is 11.3 Å². The molecule has 32 heavy (non-hydrogen) atoms. The van der Waals surface area contributed by atoms with Crippen LogP contribution in [-0.4, -0.2) is 52.3 Å². The van der Waals surface area contributed by atoms with E-state index in [4.69, 9.17) is 18.9 Å². The van der Waals surface area contributed by atoms with E-state index >= 15 is 0 Å². The third-order valence-electron chi connectivity index (χ3n) is 5.93. The first kappa shape index (κ1) is 23.5. The fraction of sp³-hybridized carbons (Fsp3) is 0.458. The topological polar surface area (TPSA) is 100 Å². The van der Waals surface area contributed by atoms with Crippen molar-refractivity contribution in [1.82, 2.24) is 5.32 Å². The van der Waals surface area contributed by atoms with Gasteiger partial charge < -0.3 is 24.3 Å². The molecule has 0 saturated carbocycles. The van der Waals surface area contributed by atoms with Crippen LogP contribution < -0.4 is 10.1 Å². The van der Waals surface area contributed by atoms with Crippen LogP contribution in [0.25, 0.3) is 0 Å². The molecule has 0 radical (unpaired) electrons. The molecule has 0 spiro atoms. The van der Waals surface area contributed by atoms with Crippen LogP contribution in [0.2, 0.25) is 0 Å². The summed E-state index contributed by atoms with van der Waals surface area (Å²) in [4.78, 5) is 39.1. The van der Waals surface area contributed by atoms with E-state index in [1.165, 1.54) is 14.2 Å². The van der Waals surface area contributed by atoms with E-state index in [9.17, 15) is 14.4 Å². The largest absolute Gasteiger partial charge is 0.497 e. The molecule has 2 aliphatic rings. The first-order chi connectivity index (χ1) is 15.3. The fourth-order valence-corrected chi connectivity index (χ4v) is 4.38. The Labute approximate surface area is 187 Å². The fourth-order valence-electron chi connectivity index (χ4n) is 4.38. The van der Waals surface area contributed by atoms with E-state index in [0.29, 0.717) is 29.0 Å². The van der Waals surface area contributed by atoms with Crippen LogP contribution in [0.1, 0.15) is 31.7 Å². The number of methoxy groups -OCH3 is 3. The van der Waals surface area contributed by atoms with E-state index in [2.05, 4.69) is 5.32 Å². The molecule has 0 amide bonds. The molecule has 0 bridgehead atoms. The lowest BCUT2D eigenvalue weighted by Crippen LogP contribution is -2.43. The second-order valence-corrected chi connectivity index (χ2v) is 7.94.